The summed E-state index contributed by atoms with van der Waals surface area (Å²) in [5, 5.41) is 30.6. The number of hydrogen-bond donors (Lipinski definition) is 4. The molecule has 1 heterocycles. The van der Waals surface area contributed by atoms with Crippen LogP contribution in [-0.2, 0) is 38.3 Å². The fraction of sp³-hybridized carbons (Fsp3) is 0.977. The zero-order chi connectivity index (χ0) is 41.1. The molecular weight excluding hydrogens is 741 g/mol. The van der Waals surface area contributed by atoms with Crippen molar-refractivity contribution >= 4 is 16.4 Å². The first-order valence-electron chi connectivity index (χ1n) is 22.8. The van der Waals surface area contributed by atoms with E-state index in [9.17, 15) is 28.5 Å². The standard InChI is InChI=1S/C43H84O12S/c1-3-5-7-9-11-13-15-17-19-20-22-24-26-28-30-32-39(45)53-37(35-51-33-31-29-27-25-23-21-18-16-14-12-10-8-6-4-2)36-52-43-41(47)42(55-56(48,49)50)40(46)38(34-44)54-43/h37-38,40-44,46-47H,3-36H2,1-2H3,(H,48,49,50)/t37-,38-,40+,41-,42+,43-/m1/s1. The molecule has 56 heavy (non-hydrogen) atoms. The maximum Gasteiger partial charge on any atom is 0.397 e. The third kappa shape index (κ3) is 29.3. The monoisotopic (exact) mass is 825 g/mol. The van der Waals surface area contributed by atoms with Crippen LogP contribution in [-0.4, -0.2) is 97.5 Å². The molecule has 1 aliphatic heterocycles. The van der Waals surface area contributed by atoms with E-state index in [4.69, 9.17) is 23.5 Å². The lowest BCUT2D eigenvalue weighted by atomic mass is 9.99. The van der Waals surface area contributed by atoms with E-state index in [0.29, 0.717) is 13.0 Å². The number of carbonyl (C=O) groups excluding carboxylic acids is 1. The highest BCUT2D eigenvalue weighted by Gasteiger charge is 2.48. The van der Waals surface area contributed by atoms with Crippen molar-refractivity contribution in [2.24, 2.45) is 0 Å². The minimum Gasteiger partial charge on any atom is -0.457 e. The molecule has 6 atom stereocenters. The van der Waals surface area contributed by atoms with Crippen molar-refractivity contribution in [1.29, 1.82) is 0 Å². The van der Waals surface area contributed by atoms with E-state index < -0.39 is 59.8 Å². The topological polar surface area (TPSA) is 178 Å². The fourth-order valence-electron chi connectivity index (χ4n) is 7.26. The number of esters is 1. The predicted octanol–water partition coefficient (Wildman–Crippen LogP) is 9.30. The summed E-state index contributed by atoms with van der Waals surface area (Å²) >= 11 is 0. The minimum absolute atomic E-state index is 0.0445. The van der Waals surface area contributed by atoms with Gasteiger partial charge in [-0.3, -0.25) is 9.35 Å². The lowest BCUT2D eigenvalue weighted by Gasteiger charge is -2.41. The van der Waals surface area contributed by atoms with E-state index in [2.05, 4.69) is 18.0 Å². The van der Waals surface area contributed by atoms with Gasteiger partial charge in [-0.25, -0.2) is 4.18 Å². The van der Waals surface area contributed by atoms with Crippen LogP contribution < -0.4 is 0 Å². The lowest BCUT2D eigenvalue weighted by Crippen LogP contribution is -2.60. The predicted molar refractivity (Wildman–Crippen MR) is 221 cm³/mol. The molecule has 0 spiro atoms. The summed E-state index contributed by atoms with van der Waals surface area (Å²) in [7, 11) is -5.05. The smallest absolute Gasteiger partial charge is 0.397 e. The van der Waals surface area contributed by atoms with Crippen molar-refractivity contribution in [3.63, 3.8) is 0 Å². The van der Waals surface area contributed by atoms with Gasteiger partial charge in [-0.2, -0.15) is 8.42 Å². The van der Waals surface area contributed by atoms with Gasteiger partial charge < -0.3 is 34.3 Å². The molecule has 13 heteroatoms. The third-order valence-electron chi connectivity index (χ3n) is 10.7. The van der Waals surface area contributed by atoms with Crippen LogP contribution in [0.15, 0.2) is 0 Å². The van der Waals surface area contributed by atoms with Crippen molar-refractivity contribution in [1.82, 2.24) is 0 Å². The molecule has 0 aliphatic carbocycles. The van der Waals surface area contributed by atoms with E-state index in [0.717, 1.165) is 38.5 Å². The number of carbonyl (C=O) groups is 1. The van der Waals surface area contributed by atoms with Gasteiger partial charge in [0.1, 0.15) is 30.5 Å². The van der Waals surface area contributed by atoms with Gasteiger partial charge in [0.15, 0.2) is 6.29 Å². The van der Waals surface area contributed by atoms with Crippen LogP contribution in [0.5, 0.6) is 0 Å². The number of hydrogen-bond acceptors (Lipinski definition) is 11. The number of rotatable bonds is 40. The van der Waals surface area contributed by atoms with E-state index in [1.807, 2.05) is 0 Å². The van der Waals surface area contributed by atoms with Crippen molar-refractivity contribution in [2.75, 3.05) is 26.4 Å². The van der Waals surface area contributed by atoms with Crippen LogP contribution in [0.1, 0.15) is 206 Å². The largest absolute Gasteiger partial charge is 0.457 e. The summed E-state index contributed by atoms with van der Waals surface area (Å²) in [5.41, 5.74) is 0. The van der Waals surface area contributed by atoms with Crippen molar-refractivity contribution in [3.8, 4) is 0 Å². The van der Waals surface area contributed by atoms with Crippen LogP contribution in [0, 0.1) is 0 Å². The van der Waals surface area contributed by atoms with Gasteiger partial charge >= 0.3 is 16.4 Å². The van der Waals surface area contributed by atoms with Crippen molar-refractivity contribution in [2.45, 2.75) is 243 Å². The molecule has 4 N–H and O–H groups in total. The molecule has 1 fully saturated rings. The lowest BCUT2D eigenvalue weighted by molar-refractivity contribution is -0.301. The van der Waals surface area contributed by atoms with Crippen LogP contribution >= 0.6 is 0 Å². The Kier molecular flexibility index (Phi) is 34.1. The van der Waals surface area contributed by atoms with Gasteiger partial charge in [0.25, 0.3) is 0 Å². The Morgan fingerprint density at radius 2 is 1.02 bits per heavy atom. The summed E-state index contributed by atoms with van der Waals surface area (Å²) in [4.78, 5) is 12.8. The maximum absolute atomic E-state index is 12.8. The first kappa shape index (κ1) is 53.1. The van der Waals surface area contributed by atoms with Gasteiger partial charge in [0.2, 0.25) is 0 Å². The fourth-order valence-corrected chi connectivity index (χ4v) is 7.77. The molecule has 1 rings (SSSR count). The number of aliphatic hydroxyl groups is 3. The zero-order valence-electron chi connectivity index (χ0n) is 35.5. The van der Waals surface area contributed by atoms with E-state index in [1.165, 1.54) is 141 Å². The van der Waals surface area contributed by atoms with Gasteiger partial charge in [-0.15, -0.1) is 0 Å². The molecule has 1 saturated heterocycles. The normalized spacial score (nSPS) is 20.7. The van der Waals surface area contributed by atoms with Crippen LogP contribution in [0.25, 0.3) is 0 Å². The molecule has 12 nitrogen and oxygen atoms in total. The average Bonchev–Trinajstić information content (AvgIpc) is 3.17. The SMILES string of the molecule is CCCCCCCCCCCCCCCCCC(=O)O[C@H](COCCCCCCCCCCCCCCCC)CO[C@@H]1O[C@H](CO)[C@H](O)[C@H](OS(=O)(=O)O)[C@H]1O. The first-order chi connectivity index (χ1) is 27.1. The van der Waals surface area contributed by atoms with E-state index in [1.54, 1.807) is 0 Å². The highest BCUT2D eigenvalue weighted by atomic mass is 32.3. The molecule has 0 aromatic heterocycles. The molecular formula is C43H84O12S. The zero-order valence-corrected chi connectivity index (χ0v) is 36.3. The van der Waals surface area contributed by atoms with Crippen LogP contribution in [0.4, 0.5) is 0 Å². The summed E-state index contributed by atoms with van der Waals surface area (Å²) in [5.74, 6) is -0.394. The first-order valence-corrected chi connectivity index (χ1v) is 24.2. The second-order valence-electron chi connectivity index (χ2n) is 16.0. The maximum atomic E-state index is 12.8. The highest BCUT2D eigenvalue weighted by Crippen LogP contribution is 2.26. The summed E-state index contributed by atoms with van der Waals surface area (Å²) in [6, 6.07) is 0. The Morgan fingerprint density at radius 3 is 1.43 bits per heavy atom. The van der Waals surface area contributed by atoms with E-state index >= 15 is 0 Å². The molecule has 0 aromatic carbocycles. The van der Waals surface area contributed by atoms with Crippen molar-refractivity contribution < 1.29 is 56.2 Å². The number of aliphatic hydroxyl groups excluding tert-OH is 3. The summed E-state index contributed by atoms with van der Waals surface area (Å²) in [6.45, 7) is 4.03. The van der Waals surface area contributed by atoms with Gasteiger partial charge in [0.05, 0.1) is 19.8 Å². The van der Waals surface area contributed by atoms with E-state index in [-0.39, 0.29) is 19.6 Å². The highest BCUT2D eigenvalue weighted by molar-refractivity contribution is 7.80. The Bertz CT molecular complexity index is 999. The molecule has 0 aromatic rings. The molecule has 0 saturated carbocycles. The van der Waals surface area contributed by atoms with Gasteiger partial charge in [-0.05, 0) is 12.8 Å². The molecule has 334 valence electrons. The summed E-state index contributed by atoms with van der Waals surface area (Å²) < 4.78 is 59.0. The average molecular weight is 825 g/mol. The Morgan fingerprint density at radius 1 is 0.607 bits per heavy atom. The number of unbranched alkanes of at least 4 members (excludes halogenated alkanes) is 27. The Labute approximate surface area is 341 Å². The molecule has 0 radical (unpaired) electrons. The third-order valence-corrected chi connectivity index (χ3v) is 11.2. The quantitative estimate of drug-likeness (QED) is 0.0262. The second-order valence-corrected chi connectivity index (χ2v) is 17.1. The number of ether oxygens (including phenoxy) is 4. The Balaban J connectivity index is 2.42. The van der Waals surface area contributed by atoms with Crippen LogP contribution in [0.2, 0.25) is 0 Å². The Hall–Kier alpha value is -0.900. The molecule has 0 bridgehead atoms. The van der Waals surface area contributed by atoms with Crippen LogP contribution in [0.3, 0.4) is 0 Å². The molecule has 0 unspecified atom stereocenters. The molecule has 1 aliphatic rings. The van der Waals surface area contributed by atoms with Gasteiger partial charge in [0, 0.05) is 13.0 Å². The summed E-state index contributed by atoms with van der Waals surface area (Å²) in [6.07, 6.45) is 27.0. The van der Waals surface area contributed by atoms with Gasteiger partial charge in [-0.1, -0.05) is 187 Å². The minimum atomic E-state index is -5.05. The second kappa shape index (κ2) is 36.0. The van der Waals surface area contributed by atoms with Crippen molar-refractivity contribution in [3.05, 3.63) is 0 Å². The molecule has 0 amide bonds.